The number of hydrogen-bond acceptors (Lipinski definition) is 3. The van der Waals surface area contributed by atoms with Gasteiger partial charge in [-0.05, 0) is 40.5 Å². The molecule has 1 amide bonds. The largest absolute Gasteiger partial charge is 0.345 e. The Balaban J connectivity index is 1.68. The van der Waals surface area contributed by atoms with Gasteiger partial charge in [0, 0.05) is 25.2 Å². The lowest BCUT2D eigenvalue weighted by Gasteiger charge is -2.09. The molecule has 28 heavy (non-hydrogen) atoms. The van der Waals surface area contributed by atoms with Crippen molar-refractivity contribution in [3.8, 4) is 22.5 Å². The second-order valence-electron chi connectivity index (χ2n) is 7.35. The number of benzene rings is 3. The van der Waals surface area contributed by atoms with Gasteiger partial charge in [-0.3, -0.25) is 4.79 Å². The highest BCUT2D eigenvalue weighted by atomic mass is 16.2. The minimum absolute atomic E-state index is 0.0291. The Morgan fingerprint density at radius 1 is 1.00 bits per heavy atom. The Morgan fingerprint density at radius 3 is 2.57 bits per heavy atom. The Kier molecular flexibility index (Phi) is 3.60. The minimum Gasteiger partial charge on any atom is -0.345 e. The Morgan fingerprint density at radius 2 is 1.75 bits per heavy atom. The van der Waals surface area contributed by atoms with Crippen molar-refractivity contribution >= 4 is 16.9 Å². The molecule has 0 fully saturated rings. The van der Waals surface area contributed by atoms with Crippen LogP contribution in [-0.4, -0.2) is 34.9 Å². The number of carbonyl (C=O) groups excluding carboxylic acids is 1. The first-order chi connectivity index (χ1) is 13.5. The molecular weight excluding hydrogens is 348 g/mol. The van der Waals surface area contributed by atoms with Crippen LogP contribution in [0.5, 0.6) is 0 Å². The molecule has 0 spiro atoms. The molecule has 1 heterocycles. The molecule has 0 saturated heterocycles. The number of rotatable bonds is 2. The second kappa shape index (κ2) is 6.04. The van der Waals surface area contributed by atoms with E-state index in [1.165, 1.54) is 0 Å². The summed E-state index contributed by atoms with van der Waals surface area (Å²) in [7, 11) is 3.50. The summed E-state index contributed by atoms with van der Waals surface area (Å²) in [6, 6.07) is 19.9. The molecule has 0 radical (unpaired) electrons. The molecule has 5 rings (SSSR count). The second-order valence-corrected chi connectivity index (χ2v) is 7.35. The maximum atomic E-state index is 12.3. The Hall–Kier alpha value is -3.44. The Bertz CT molecular complexity index is 1240. The van der Waals surface area contributed by atoms with Gasteiger partial charge in [-0.1, -0.05) is 42.5 Å². The predicted molar refractivity (Wildman–Crippen MR) is 111 cm³/mol. The topological polar surface area (TPSA) is 75.0 Å². The van der Waals surface area contributed by atoms with Gasteiger partial charge in [-0.15, -0.1) is 0 Å². The number of fused-ring (bicyclic) bond motifs is 4. The summed E-state index contributed by atoms with van der Waals surface area (Å²) < 4.78 is 0. The SMILES string of the molecule is CN(C)C(=O)c1ccc2nc(-c3cccc4c3-c3ccccc3C4N)[nH]c2c1. The highest BCUT2D eigenvalue weighted by Gasteiger charge is 2.28. The van der Waals surface area contributed by atoms with E-state index < -0.39 is 0 Å². The number of imidazole rings is 1. The lowest BCUT2D eigenvalue weighted by molar-refractivity contribution is 0.0827. The third-order valence-corrected chi connectivity index (χ3v) is 5.39. The van der Waals surface area contributed by atoms with Crippen molar-refractivity contribution in [1.82, 2.24) is 14.9 Å². The average Bonchev–Trinajstić information content (AvgIpc) is 3.26. The van der Waals surface area contributed by atoms with Crippen LogP contribution in [0.25, 0.3) is 33.5 Å². The number of amides is 1. The fourth-order valence-electron chi connectivity index (χ4n) is 4.02. The van der Waals surface area contributed by atoms with E-state index in [9.17, 15) is 4.79 Å². The fourth-order valence-corrected chi connectivity index (χ4v) is 4.02. The van der Waals surface area contributed by atoms with Crippen LogP contribution in [0.15, 0.2) is 60.7 Å². The van der Waals surface area contributed by atoms with Gasteiger partial charge in [0.2, 0.25) is 0 Å². The first kappa shape index (κ1) is 16.7. The maximum absolute atomic E-state index is 12.3. The van der Waals surface area contributed by atoms with Crippen LogP contribution in [0.1, 0.15) is 27.5 Å². The third kappa shape index (κ3) is 2.37. The van der Waals surface area contributed by atoms with Crippen LogP contribution in [0.2, 0.25) is 0 Å². The number of aromatic amines is 1. The van der Waals surface area contributed by atoms with E-state index in [1.807, 2.05) is 36.4 Å². The van der Waals surface area contributed by atoms with Crippen LogP contribution in [-0.2, 0) is 0 Å². The standard InChI is InChI=1S/C23H20N4O/c1-27(2)23(28)13-10-11-18-19(12-13)26-22(25-18)17-9-5-8-16-20(17)14-6-3-4-7-15(14)21(16)24/h3-12,21H,24H2,1-2H3,(H,25,26). The first-order valence-corrected chi connectivity index (χ1v) is 9.24. The van der Waals surface area contributed by atoms with Gasteiger partial charge in [0.25, 0.3) is 5.91 Å². The third-order valence-electron chi connectivity index (χ3n) is 5.39. The maximum Gasteiger partial charge on any atom is 0.253 e. The molecule has 1 aliphatic rings. The van der Waals surface area contributed by atoms with E-state index in [0.29, 0.717) is 5.56 Å². The molecule has 0 bridgehead atoms. The number of nitrogens with two attached hydrogens (primary N) is 1. The molecule has 1 unspecified atom stereocenters. The fraction of sp³-hybridized carbons (Fsp3) is 0.130. The highest BCUT2D eigenvalue weighted by Crippen LogP contribution is 2.46. The molecule has 3 aromatic carbocycles. The van der Waals surface area contributed by atoms with Gasteiger partial charge in [0.15, 0.2) is 0 Å². The molecule has 5 nitrogen and oxygen atoms in total. The van der Waals surface area contributed by atoms with E-state index in [2.05, 4.69) is 29.2 Å². The van der Waals surface area contributed by atoms with Gasteiger partial charge < -0.3 is 15.6 Å². The lowest BCUT2D eigenvalue weighted by atomic mass is 9.99. The minimum atomic E-state index is -0.125. The molecule has 138 valence electrons. The molecule has 4 aromatic rings. The lowest BCUT2D eigenvalue weighted by Crippen LogP contribution is -2.21. The summed E-state index contributed by atoms with van der Waals surface area (Å²) in [5, 5.41) is 0. The van der Waals surface area contributed by atoms with Gasteiger partial charge >= 0.3 is 0 Å². The van der Waals surface area contributed by atoms with Crippen molar-refractivity contribution in [2.75, 3.05) is 14.1 Å². The monoisotopic (exact) mass is 368 g/mol. The highest BCUT2D eigenvalue weighted by molar-refractivity contribution is 5.98. The van der Waals surface area contributed by atoms with Crippen molar-refractivity contribution in [1.29, 1.82) is 0 Å². The van der Waals surface area contributed by atoms with Crippen LogP contribution < -0.4 is 5.73 Å². The summed E-state index contributed by atoms with van der Waals surface area (Å²) in [5.74, 6) is 0.753. The van der Waals surface area contributed by atoms with Gasteiger partial charge in [0.05, 0.1) is 17.1 Å². The van der Waals surface area contributed by atoms with E-state index in [4.69, 9.17) is 10.7 Å². The van der Waals surface area contributed by atoms with Crippen molar-refractivity contribution in [3.05, 3.63) is 77.4 Å². The number of nitrogens with one attached hydrogen (secondary N) is 1. The zero-order valence-corrected chi connectivity index (χ0v) is 15.7. The van der Waals surface area contributed by atoms with Gasteiger partial charge in [0.1, 0.15) is 5.82 Å². The smallest absolute Gasteiger partial charge is 0.253 e. The van der Waals surface area contributed by atoms with E-state index >= 15 is 0 Å². The number of aromatic nitrogens is 2. The molecule has 3 N–H and O–H groups in total. The van der Waals surface area contributed by atoms with Gasteiger partial charge in [-0.25, -0.2) is 4.98 Å². The molecular formula is C23H20N4O. The van der Waals surface area contributed by atoms with Gasteiger partial charge in [-0.2, -0.15) is 0 Å². The van der Waals surface area contributed by atoms with Crippen LogP contribution in [0.4, 0.5) is 0 Å². The molecule has 0 saturated carbocycles. The van der Waals surface area contributed by atoms with E-state index in [0.717, 1.165) is 44.7 Å². The summed E-state index contributed by atoms with van der Waals surface area (Å²) in [6.07, 6.45) is 0. The number of nitrogens with zero attached hydrogens (tertiary/aromatic N) is 2. The molecule has 1 aromatic heterocycles. The predicted octanol–water partition coefficient (Wildman–Crippen LogP) is 3.96. The summed E-state index contributed by atoms with van der Waals surface area (Å²) in [6.45, 7) is 0. The quantitative estimate of drug-likeness (QED) is 0.562. The zero-order chi connectivity index (χ0) is 19.4. The number of H-pyrrole nitrogens is 1. The van der Waals surface area contributed by atoms with Crippen LogP contribution >= 0.6 is 0 Å². The summed E-state index contributed by atoms with van der Waals surface area (Å²) in [4.78, 5) is 22.0. The zero-order valence-electron chi connectivity index (χ0n) is 15.7. The molecule has 5 heteroatoms. The number of carbonyl (C=O) groups is 1. The number of hydrogen-bond donors (Lipinski definition) is 2. The molecule has 1 atom stereocenters. The van der Waals surface area contributed by atoms with Crippen LogP contribution in [0, 0.1) is 0 Å². The normalized spacial score (nSPS) is 14.8. The average molecular weight is 368 g/mol. The van der Waals surface area contributed by atoms with Crippen LogP contribution in [0.3, 0.4) is 0 Å². The van der Waals surface area contributed by atoms with E-state index in [-0.39, 0.29) is 11.9 Å². The van der Waals surface area contributed by atoms with Crippen molar-refractivity contribution in [3.63, 3.8) is 0 Å². The molecule has 0 aliphatic heterocycles. The first-order valence-electron chi connectivity index (χ1n) is 9.24. The summed E-state index contributed by atoms with van der Waals surface area (Å²) >= 11 is 0. The Labute approximate surface area is 162 Å². The van der Waals surface area contributed by atoms with Crippen molar-refractivity contribution in [2.45, 2.75) is 6.04 Å². The molecule has 1 aliphatic carbocycles. The van der Waals surface area contributed by atoms with Crippen molar-refractivity contribution < 1.29 is 4.79 Å². The van der Waals surface area contributed by atoms with Crippen molar-refractivity contribution in [2.24, 2.45) is 5.73 Å². The van der Waals surface area contributed by atoms with E-state index in [1.54, 1.807) is 19.0 Å². The summed E-state index contributed by atoms with van der Waals surface area (Å²) in [5.41, 5.74) is 14.4.